The standard InChI is InChI=1S/C22H22O2.C15H16.C14H8N/c1-15-13-21-16(2)22(14-15)24-20-10-6-4-8-18(20)12-11-17-7-3-5-9-19(17)23-21;1-11-7-4-5-10-14(11)15-12(2)8-6-9-13(15)3;1-2-12-8-6-7-11-14(12)15-13-9-4-3-5-10-13/h3-5,7-9,13-14H,6,10-12H2,1-2H3;4-10H,1-3H3;2,6-8,11,15H,1H2. The van der Waals surface area contributed by atoms with Crippen LogP contribution in [0.2, 0.25) is 0 Å². The van der Waals surface area contributed by atoms with E-state index >= 15 is 0 Å². The molecule has 1 N–H and O–H groups in total. The molecule has 8 rings (SSSR count). The number of hydrogen-bond acceptors (Lipinski definition) is 3. The van der Waals surface area contributed by atoms with E-state index in [0.717, 1.165) is 71.1 Å². The number of ether oxygens (including phenoxy) is 2. The molecule has 0 amide bonds. The first kappa shape index (κ1) is 37.3. The predicted octanol–water partition coefficient (Wildman–Crippen LogP) is 13.4. The van der Waals surface area contributed by atoms with E-state index in [0.29, 0.717) is 5.69 Å². The van der Waals surface area contributed by atoms with Crippen LogP contribution in [0.5, 0.6) is 17.2 Å². The van der Waals surface area contributed by atoms with Gasteiger partial charge in [-0.1, -0.05) is 104 Å². The second-order valence-electron chi connectivity index (χ2n) is 13.6. The summed E-state index contributed by atoms with van der Waals surface area (Å²) in [6.45, 7) is 14.4. The Hall–Kier alpha value is -6.42. The summed E-state index contributed by atoms with van der Waals surface area (Å²) in [4.78, 5) is 0. The Morgan fingerprint density at radius 1 is 0.667 bits per heavy atom. The Bertz CT molecular complexity index is 2260. The SMILES string of the molecule is C=Cc1ccccc1Nc1[c]c#cc#c1.Cc1cc2c(C)c(c1)Oc1ccccc1CCC1=C(CCC=C1)O2.Cc1ccccc1-c1c(C)cccc1C. The number of benzene rings is 5. The van der Waals surface area contributed by atoms with Crippen LogP contribution in [0.1, 0.15) is 58.2 Å². The number of nitrogens with one attached hydrogen (secondary N) is 1. The lowest BCUT2D eigenvalue weighted by Gasteiger charge is -2.19. The molecule has 0 saturated carbocycles. The van der Waals surface area contributed by atoms with Gasteiger partial charge >= 0.3 is 0 Å². The molecule has 54 heavy (non-hydrogen) atoms. The Morgan fingerprint density at radius 2 is 1.37 bits per heavy atom. The van der Waals surface area contributed by atoms with Crippen LogP contribution in [0.25, 0.3) is 17.2 Å². The molecular formula is C51H46NO2. The summed E-state index contributed by atoms with van der Waals surface area (Å²) in [7, 11) is 0. The number of fused-ring (bicyclic) bond motifs is 3. The van der Waals surface area contributed by atoms with Crippen LogP contribution in [0.15, 0.2) is 133 Å². The summed E-state index contributed by atoms with van der Waals surface area (Å²) in [6, 6.07) is 49.2. The van der Waals surface area contributed by atoms with E-state index in [2.05, 4.69) is 162 Å². The van der Waals surface area contributed by atoms with Crippen molar-refractivity contribution in [2.45, 2.75) is 60.3 Å². The van der Waals surface area contributed by atoms with E-state index in [1.807, 2.05) is 30.3 Å². The van der Waals surface area contributed by atoms with Gasteiger partial charge in [0.05, 0.1) is 6.07 Å². The number of para-hydroxylation sites is 2. The van der Waals surface area contributed by atoms with Crippen LogP contribution in [-0.2, 0) is 6.42 Å². The first-order valence-electron chi connectivity index (χ1n) is 18.5. The quantitative estimate of drug-likeness (QED) is 0.198. The van der Waals surface area contributed by atoms with E-state index in [4.69, 9.17) is 9.47 Å². The van der Waals surface area contributed by atoms with Crippen LogP contribution in [-0.4, -0.2) is 0 Å². The smallest absolute Gasteiger partial charge is 0.134 e. The van der Waals surface area contributed by atoms with Gasteiger partial charge in [0, 0.05) is 17.7 Å². The monoisotopic (exact) mass is 704 g/mol. The van der Waals surface area contributed by atoms with E-state index in [1.54, 1.807) is 6.08 Å². The van der Waals surface area contributed by atoms with Gasteiger partial charge in [-0.25, -0.2) is 0 Å². The van der Waals surface area contributed by atoms with Crippen LogP contribution in [0, 0.1) is 65.0 Å². The topological polar surface area (TPSA) is 30.5 Å². The summed E-state index contributed by atoms with van der Waals surface area (Å²) in [6.07, 6.45) is 10.2. The molecule has 0 saturated heterocycles. The zero-order valence-corrected chi connectivity index (χ0v) is 31.9. The van der Waals surface area contributed by atoms with Crippen molar-refractivity contribution in [2.75, 3.05) is 5.32 Å². The Kier molecular flexibility index (Phi) is 12.4. The highest BCUT2D eigenvalue weighted by molar-refractivity contribution is 5.73. The molecule has 0 aromatic heterocycles. The fourth-order valence-corrected chi connectivity index (χ4v) is 6.70. The first-order chi connectivity index (χ1) is 26.3. The van der Waals surface area contributed by atoms with Crippen molar-refractivity contribution in [2.24, 2.45) is 0 Å². The van der Waals surface area contributed by atoms with Crippen molar-refractivity contribution in [3.63, 3.8) is 0 Å². The molecular weight excluding hydrogens is 659 g/mol. The fourth-order valence-electron chi connectivity index (χ4n) is 6.70. The summed E-state index contributed by atoms with van der Waals surface area (Å²) in [5.41, 5.74) is 14.2. The van der Waals surface area contributed by atoms with Crippen LogP contribution >= 0.6 is 0 Å². The number of rotatable bonds is 4. The summed E-state index contributed by atoms with van der Waals surface area (Å²) in [5, 5.41) is 3.16. The second-order valence-corrected chi connectivity index (χ2v) is 13.6. The van der Waals surface area contributed by atoms with Crippen molar-refractivity contribution in [1.82, 2.24) is 0 Å². The second kappa shape index (κ2) is 17.9. The van der Waals surface area contributed by atoms with Gasteiger partial charge in [-0.2, -0.15) is 0 Å². The largest absolute Gasteiger partial charge is 0.461 e. The fraction of sp³-hybridized carbons (Fsp3) is 0.176. The van der Waals surface area contributed by atoms with Gasteiger partial charge in [-0.15, -0.1) is 0 Å². The van der Waals surface area contributed by atoms with Gasteiger partial charge in [-0.05, 0) is 152 Å². The zero-order valence-electron chi connectivity index (χ0n) is 31.9. The minimum Gasteiger partial charge on any atom is -0.461 e. The molecule has 2 bridgehead atoms. The van der Waals surface area contributed by atoms with Crippen molar-refractivity contribution in [3.05, 3.63) is 202 Å². The molecule has 1 heterocycles. The third-order valence-corrected chi connectivity index (χ3v) is 9.60. The minimum atomic E-state index is 0.697. The maximum atomic E-state index is 6.35. The van der Waals surface area contributed by atoms with E-state index in [-0.39, 0.29) is 0 Å². The van der Waals surface area contributed by atoms with Gasteiger partial charge in [0.2, 0.25) is 0 Å². The predicted molar refractivity (Wildman–Crippen MR) is 223 cm³/mol. The maximum Gasteiger partial charge on any atom is 0.134 e. The Labute approximate surface area is 322 Å². The maximum absolute atomic E-state index is 6.35. The molecule has 6 aromatic carbocycles. The third-order valence-electron chi connectivity index (χ3n) is 9.60. The molecule has 1 aliphatic carbocycles. The van der Waals surface area contributed by atoms with Crippen molar-refractivity contribution < 1.29 is 9.47 Å². The average Bonchev–Trinajstić information content (AvgIpc) is 3.19. The van der Waals surface area contributed by atoms with E-state index in [9.17, 15) is 0 Å². The summed E-state index contributed by atoms with van der Waals surface area (Å²) in [5.74, 6) is 3.84. The molecule has 3 heteroatoms. The Morgan fingerprint density at radius 3 is 2.13 bits per heavy atom. The van der Waals surface area contributed by atoms with Crippen molar-refractivity contribution in [3.8, 4) is 28.4 Å². The summed E-state index contributed by atoms with van der Waals surface area (Å²) < 4.78 is 12.6. The Balaban J connectivity index is 0.000000145. The normalized spacial score (nSPS) is 12.5. The lowest BCUT2D eigenvalue weighted by Crippen LogP contribution is -2.04. The van der Waals surface area contributed by atoms with Crippen LogP contribution in [0.3, 0.4) is 0 Å². The molecule has 6 aromatic rings. The van der Waals surface area contributed by atoms with Gasteiger partial charge in [0.25, 0.3) is 0 Å². The van der Waals surface area contributed by atoms with E-state index < -0.39 is 0 Å². The molecule has 0 fully saturated rings. The van der Waals surface area contributed by atoms with Gasteiger partial charge in [-0.3, -0.25) is 0 Å². The first-order valence-corrected chi connectivity index (χ1v) is 18.5. The number of hydrogen-bond donors (Lipinski definition) is 1. The highest BCUT2D eigenvalue weighted by atomic mass is 16.5. The molecule has 1 radical (unpaired) electrons. The van der Waals surface area contributed by atoms with E-state index in [1.165, 1.54) is 39.0 Å². The zero-order chi connectivity index (χ0) is 37.9. The van der Waals surface area contributed by atoms with Gasteiger partial charge in [0.15, 0.2) is 0 Å². The van der Waals surface area contributed by atoms with Crippen molar-refractivity contribution >= 4 is 17.5 Å². The molecule has 3 nitrogen and oxygen atoms in total. The molecule has 0 unspecified atom stereocenters. The minimum absolute atomic E-state index is 0.697. The van der Waals surface area contributed by atoms with Crippen molar-refractivity contribution in [1.29, 1.82) is 0 Å². The highest BCUT2D eigenvalue weighted by Gasteiger charge is 2.18. The molecule has 267 valence electrons. The average molecular weight is 705 g/mol. The number of aryl methyl sites for hydroxylation is 5. The van der Waals surface area contributed by atoms with Crippen LogP contribution in [0.4, 0.5) is 11.4 Å². The van der Waals surface area contributed by atoms with Gasteiger partial charge in [0.1, 0.15) is 28.7 Å². The number of allylic oxidation sites excluding steroid dienone is 4. The van der Waals surface area contributed by atoms with Gasteiger partial charge < -0.3 is 14.8 Å². The molecule has 0 spiro atoms. The van der Waals surface area contributed by atoms with Crippen LogP contribution < -0.4 is 14.8 Å². The molecule has 0 atom stereocenters. The third kappa shape index (κ3) is 9.32. The molecule has 1 aliphatic heterocycles. The highest BCUT2D eigenvalue weighted by Crippen LogP contribution is 2.38. The molecule has 2 aliphatic rings. The number of anilines is 2. The lowest BCUT2D eigenvalue weighted by atomic mass is 9.93. The summed E-state index contributed by atoms with van der Waals surface area (Å²) >= 11 is 0. The lowest BCUT2D eigenvalue weighted by molar-refractivity contribution is 0.388.